The third kappa shape index (κ3) is 3.41. The summed E-state index contributed by atoms with van der Waals surface area (Å²) in [4.78, 5) is 18.1. The van der Waals surface area contributed by atoms with E-state index in [1.54, 1.807) is 33.1 Å². The topological polar surface area (TPSA) is 77.6 Å². The van der Waals surface area contributed by atoms with E-state index in [2.05, 4.69) is 26.6 Å². The fourth-order valence-electron chi connectivity index (χ4n) is 3.24. The van der Waals surface area contributed by atoms with Crippen molar-refractivity contribution in [2.45, 2.75) is 33.5 Å². The second-order valence-electron chi connectivity index (χ2n) is 6.31. The molecule has 0 bridgehead atoms. The predicted octanol–water partition coefficient (Wildman–Crippen LogP) is 3.65. The van der Waals surface area contributed by atoms with E-state index in [4.69, 9.17) is 11.6 Å². The highest BCUT2D eigenvalue weighted by Gasteiger charge is 2.17. The van der Waals surface area contributed by atoms with Gasteiger partial charge in [0.25, 0.3) is 0 Å². The molecule has 0 aliphatic carbocycles. The third-order valence-corrected chi connectivity index (χ3v) is 5.76. The summed E-state index contributed by atoms with van der Waals surface area (Å²) in [5.41, 5.74) is 3.43. The Hall–Kier alpha value is -2.71. The lowest BCUT2D eigenvalue weighted by Crippen LogP contribution is -2.28. The van der Waals surface area contributed by atoms with Gasteiger partial charge in [0.15, 0.2) is 5.65 Å². The summed E-state index contributed by atoms with van der Waals surface area (Å²) in [5.74, 6) is -0.160. The van der Waals surface area contributed by atoms with E-state index in [0.717, 1.165) is 27.2 Å². The first kappa shape index (κ1) is 18.6. The maximum Gasteiger partial charge on any atom is 0.242 e. The van der Waals surface area contributed by atoms with Gasteiger partial charge >= 0.3 is 0 Å². The molecule has 0 saturated carbocycles. The van der Waals surface area contributed by atoms with Crippen LogP contribution < -0.4 is 5.32 Å². The zero-order chi connectivity index (χ0) is 19.7. The van der Waals surface area contributed by atoms with Crippen molar-refractivity contribution < 1.29 is 4.79 Å². The van der Waals surface area contributed by atoms with E-state index >= 15 is 0 Å². The third-order valence-electron chi connectivity index (χ3n) is 4.54. The van der Waals surface area contributed by atoms with Crippen molar-refractivity contribution in [3.63, 3.8) is 0 Å². The number of amides is 1. The minimum atomic E-state index is -0.160. The number of pyridine rings is 1. The Bertz CT molecular complexity index is 1130. The van der Waals surface area contributed by atoms with Crippen molar-refractivity contribution in [1.82, 2.24) is 29.9 Å². The molecule has 0 spiro atoms. The Morgan fingerprint density at radius 2 is 2.18 bits per heavy atom. The molecule has 0 saturated heterocycles. The summed E-state index contributed by atoms with van der Waals surface area (Å²) in [6.45, 7) is 5.01. The number of fused-ring (bicyclic) bond motifs is 1. The van der Waals surface area contributed by atoms with Gasteiger partial charge in [0.05, 0.1) is 34.5 Å². The van der Waals surface area contributed by atoms with Crippen molar-refractivity contribution in [1.29, 1.82) is 0 Å². The van der Waals surface area contributed by atoms with Crippen LogP contribution in [-0.4, -0.2) is 30.5 Å². The molecule has 28 heavy (non-hydrogen) atoms. The number of thiophene rings is 1. The van der Waals surface area contributed by atoms with Crippen LogP contribution in [0.2, 0.25) is 5.02 Å². The molecule has 4 aromatic heterocycles. The van der Waals surface area contributed by atoms with Crippen LogP contribution in [0.15, 0.2) is 36.0 Å². The molecule has 4 aromatic rings. The van der Waals surface area contributed by atoms with Crippen LogP contribution in [0.1, 0.15) is 18.3 Å². The van der Waals surface area contributed by atoms with Gasteiger partial charge in [-0.25, -0.2) is 9.67 Å². The molecule has 0 fully saturated rings. The fourth-order valence-corrected chi connectivity index (χ4v) is 4.21. The number of halogens is 1. The van der Waals surface area contributed by atoms with E-state index in [9.17, 15) is 4.79 Å². The van der Waals surface area contributed by atoms with Crippen molar-refractivity contribution in [2.24, 2.45) is 0 Å². The maximum absolute atomic E-state index is 12.5. The van der Waals surface area contributed by atoms with Crippen molar-refractivity contribution >= 4 is 39.9 Å². The molecule has 144 valence electrons. The number of rotatable bonds is 6. The monoisotopic (exact) mass is 414 g/mol. The lowest BCUT2D eigenvalue weighted by Gasteiger charge is -2.08. The second kappa shape index (κ2) is 7.73. The molecular weight excluding hydrogens is 396 g/mol. The molecule has 0 aliphatic rings. The minimum absolute atomic E-state index is 0.0864. The maximum atomic E-state index is 12.5. The van der Waals surface area contributed by atoms with Crippen LogP contribution in [0.5, 0.6) is 0 Å². The quantitative estimate of drug-likeness (QED) is 0.522. The Kier molecular flexibility index (Phi) is 5.15. The zero-order valence-corrected chi connectivity index (χ0v) is 17.1. The SMILES string of the molecule is CCn1ncc(Cl)c1CNC(=O)Cn1nc(C)c2c(-c3cccs3)ccnc21. The molecular formula is C19H19ClN6OS. The first-order valence-electron chi connectivity index (χ1n) is 8.91. The predicted molar refractivity (Wildman–Crippen MR) is 110 cm³/mol. The average molecular weight is 415 g/mol. The highest BCUT2D eigenvalue weighted by molar-refractivity contribution is 7.13. The molecule has 1 amide bonds. The molecule has 4 heterocycles. The van der Waals surface area contributed by atoms with Crippen LogP contribution in [-0.2, 0) is 24.4 Å². The van der Waals surface area contributed by atoms with Gasteiger partial charge in [-0.3, -0.25) is 9.48 Å². The van der Waals surface area contributed by atoms with E-state index < -0.39 is 0 Å². The number of hydrogen-bond donors (Lipinski definition) is 1. The number of carbonyl (C=O) groups excluding carboxylic acids is 1. The number of aromatic nitrogens is 5. The Balaban J connectivity index is 1.56. The molecule has 1 N–H and O–H groups in total. The first-order valence-corrected chi connectivity index (χ1v) is 10.2. The number of aryl methyl sites for hydroxylation is 2. The molecule has 0 aliphatic heterocycles. The average Bonchev–Trinajstić information content (AvgIpc) is 3.41. The zero-order valence-electron chi connectivity index (χ0n) is 15.5. The van der Waals surface area contributed by atoms with E-state index in [1.165, 1.54) is 0 Å². The van der Waals surface area contributed by atoms with Crippen molar-refractivity contribution in [2.75, 3.05) is 0 Å². The second-order valence-corrected chi connectivity index (χ2v) is 7.66. The van der Waals surface area contributed by atoms with Crippen molar-refractivity contribution in [3.05, 3.63) is 52.4 Å². The van der Waals surface area contributed by atoms with Crippen LogP contribution >= 0.6 is 22.9 Å². The van der Waals surface area contributed by atoms with Gasteiger partial charge in [-0.2, -0.15) is 10.2 Å². The van der Waals surface area contributed by atoms with Crippen molar-refractivity contribution in [3.8, 4) is 10.4 Å². The largest absolute Gasteiger partial charge is 0.349 e. The lowest BCUT2D eigenvalue weighted by molar-refractivity contribution is -0.122. The van der Waals surface area contributed by atoms with Gasteiger partial charge in [-0.05, 0) is 31.4 Å². The van der Waals surface area contributed by atoms with Crippen LogP contribution in [0.4, 0.5) is 0 Å². The van der Waals surface area contributed by atoms with Gasteiger partial charge in [-0.1, -0.05) is 17.7 Å². The van der Waals surface area contributed by atoms with Crippen LogP contribution in [0.25, 0.3) is 21.5 Å². The highest BCUT2D eigenvalue weighted by atomic mass is 35.5. The lowest BCUT2D eigenvalue weighted by atomic mass is 10.1. The molecule has 0 unspecified atom stereocenters. The minimum Gasteiger partial charge on any atom is -0.349 e. The van der Waals surface area contributed by atoms with Gasteiger partial charge < -0.3 is 5.32 Å². The standard InChI is InChI=1S/C19H19ClN6OS/c1-3-25-15(14(20)9-23-25)10-22-17(27)11-26-19-18(12(2)24-26)13(6-7-21-19)16-5-4-8-28-16/h4-9H,3,10-11H2,1-2H3,(H,22,27). The van der Waals surface area contributed by atoms with Gasteiger partial charge in [0, 0.05) is 23.2 Å². The number of carbonyl (C=O) groups is 1. The molecule has 9 heteroatoms. The Morgan fingerprint density at radius 3 is 2.93 bits per heavy atom. The van der Waals surface area contributed by atoms with Gasteiger partial charge in [-0.15, -0.1) is 11.3 Å². The van der Waals surface area contributed by atoms with Gasteiger partial charge in [0.1, 0.15) is 6.54 Å². The number of hydrogen-bond acceptors (Lipinski definition) is 5. The molecule has 4 rings (SSSR count). The van der Waals surface area contributed by atoms with E-state index in [-0.39, 0.29) is 12.5 Å². The summed E-state index contributed by atoms with van der Waals surface area (Å²) in [6, 6.07) is 6.08. The summed E-state index contributed by atoms with van der Waals surface area (Å²) < 4.78 is 3.42. The van der Waals surface area contributed by atoms with Crippen LogP contribution in [0.3, 0.4) is 0 Å². The summed E-state index contributed by atoms with van der Waals surface area (Å²) in [5, 5.41) is 15.2. The highest BCUT2D eigenvalue weighted by Crippen LogP contribution is 2.32. The number of nitrogens with zero attached hydrogens (tertiary/aromatic N) is 5. The summed E-state index contributed by atoms with van der Waals surface area (Å²) in [6.07, 6.45) is 3.35. The number of nitrogens with one attached hydrogen (secondary N) is 1. The van der Waals surface area contributed by atoms with E-state index in [0.29, 0.717) is 23.8 Å². The van der Waals surface area contributed by atoms with Gasteiger partial charge in [0.2, 0.25) is 5.91 Å². The summed E-state index contributed by atoms with van der Waals surface area (Å²) in [7, 11) is 0. The van der Waals surface area contributed by atoms with E-state index in [1.807, 2.05) is 31.4 Å². The normalized spacial score (nSPS) is 11.2. The Morgan fingerprint density at radius 1 is 1.32 bits per heavy atom. The molecule has 7 nitrogen and oxygen atoms in total. The first-order chi connectivity index (χ1) is 13.6. The fraction of sp³-hybridized carbons (Fsp3) is 0.263. The molecule has 0 atom stereocenters. The molecule has 0 aromatic carbocycles. The summed E-state index contributed by atoms with van der Waals surface area (Å²) >= 11 is 7.82. The Labute approximate surface area is 171 Å². The smallest absolute Gasteiger partial charge is 0.242 e. The van der Waals surface area contributed by atoms with Crippen LogP contribution in [0, 0.1) is 6.92 Å². The molecule has 0 radical (unpaired) electrons.